The van der Waals surface area contributed by atoms with E-state index in [1.54, 1.807) is 0 Å². The predicted molar refractivity (Wildman–Crippen MR) is 71.6 cm³/mol. The Balaban J connectivity index is 2.03. The first-order valence-electron chi connectivity index (χ1n) is 6.58. The Kier molecular flexibility index (Phi) is 4.49. The average molecular weight is 250 g/mol. The third-order valence-corrected chi connectivity index (χ3v) is 2.98. The molecule has 5 heteroatoms. The van der Waals surface area contributed by atoms with Gasteiger partial charge in [0.1, 0.15) is 0 Å². The molecule has 5 nitrogen and oxygen atoms in total. The summed E-state index contributed by atoms with van der Waals surface area (Å²) < 4.78 is 5.62. The average Bonchev–Trinajstić information content (AvgIpc) is 2.54. The standard InChI is InChI=1S/C13H22N4O/c1-10(14)6-12-7-15-13(16-8-12)17-4-3-5-18-11(2)9-17/h7-8,10-11H,3-6,9,14H2,1-2H3. The maximum Gasteiger partial charge on any atom is 0.225 e. The fourth-order valence-electron chi connectivity index (χ4n) is 2.16. The van der Waals surface area contributed by atoms with Gasteiger partial charge in [-0.1, -0.05) is 0 Å². The molecule has 0 aliphatic carbocycles. The van der Waals surface area contributed by atoms with E-state index in [0.717, 1.165) is 44.0 Å². The number of hydrogen-bond acceptors (Lipinski definition) is 5. The van der Waals surface area contributed by atoms with Crippen LogP contribution >= 0.6 is 0 Å². The van der Waals surface area contributed by atoms with Crippen LogP contribution in [-0.2, 0) is 11.2 Å². The molecule has 2 unspecified atom stereocenters. The highest BCUT2D eigenvalue weighted by Crippen LogP contribution is 2.13. The minimum absolute atomic E-state index is 0.144. The first kappa shape index (κ1) is 13.2. The van der Waals surface area contributed by atoms with Gasteiger partial charge >= 0.3 is 0 Å². The van der Waals surface area contributed by atoms with Gasteiger partial charge in [-0.3, -0.25) is 0 Å². The van der Waals surface area contributed by atoms with Crippen molar-refractivity contribution in [3.8, 4) is 0 Å². The predicted octanol–water partition coefficient (Wildman–Crippen LogP) is 0.981. The molecular formula is C13H22N4O. The Labute approximate surface area is 108 Å². The molecule has 1 aliphatic heterocycles. The molecule has 18 heavy (non-hydrogen) atoms. The molecule has 0 amide bonds. The number of nitrogens with two attached hydrogens (primary N) is 1. The van der Waals surface area contributed by atoms with Gasteiger partial charge in [-0.25, -0.2) is 9.97 Å². The summed E-state index contributed by atoms with van der Waals surface area (Å²) in [5, 5.41) is 0. The fraction of sp³-hybridized carbons (Fsp3) is 0.692. The zero-order valence-electron chi connectivity index (χ0n) is 11.2. The highest BCUT2D eigenvalue weighted by Gasteiger charge is 2.17. The van der Waals surface area contributed by atoms with Crippen LogP contribution in [0.4, 0.5) is 5.95 Å². The van der Waals surface area contributed by atoms with Crippen molar-refractivity contribution in [1.82, 2.24) is 9.97 Å². The quantitative estimate of drug-likeness (QED) is 0.866. The molecule has 1 aromatic rings. The largest absolute Gasteiger partial charge is 0.377 e. The molecule has 0 aromatic carbocycles. The molecular weight excluding hydrogens is 228 g/mol. The van der Waals surface area contributed by atoms with Crippen molar-refractivity contribution in [2.24, 2.45) is 5.73 Å². The third kappa shape index (κ3) is 3.65. The van der Waals surface area contributed by atoms with Crippen molar-refractivity contribution >= 4 is 5.95 Å². The molecule has 2 N–H and O–H groups in total. The number of hydrogen-bond donors (Lipinski definition) is 1. The molecule has 0 bridgehead atoms. The molecule has 1 aliphatic rings. The Morgan fingerprint density at radius 1 is 1.50 bits per heavy atom. The van der Waals surface area contributed by atoms with E-state index in [1.165, 1.54) is 0 Å². The monoisotopic (exact) mass is 250 g/mol. The molecule has 2 rings (SSSR count). The maximum atomic E-state index is 5.76. The first-order valence-corrected chi connectivity index (χ1v) is 6.58. The van der Waals surface area contributed by atoms with Crippen LogP contribution in [0.3, 0.4) is 0 Å². The molecule has 0 spiro atoms. The van der Waals surface area contributed by atoms with Gasteiger partial charge in [-0.15, -0.1) is 0 Å². The molecule has 1 saturated heterocycles. The summed E-state index contributed by atoms with van der Waals surface area (Å²) in [6.07, 6.45) is 5.83. The van der Waals surface area contributed by atoms with Gasteiger partial charge in [0, 0.05) is 38.1 Å². The Morgan fingerprint density at radius 2 is 2.22 bits per heavy atom. The van der Waals surface area contributed by atoms with Crippen LogP contribution in [0, 0.1) is 0 Å². The van der Waals surface area contributed by atoms with Gasteiger partial charge in [0.05, 0.1) is 6.10 Å². The van der Waals surface area contributed by atoms with Crippen LogP contribution in [-0.4, -0.2) is 41.8 Å². The molecule has 0 radical (unpaired) electrons. The lowest BCUT2D eigenvalue weighted by atomic mass is 10.1. The molecule has 1 aromatic heterocycles. The van der Waals surface area contributed by atoms with Crippen LogP contribution in [0.5, 0.6) is 0 Å². The minimum Gasteiger partial charge on any atom is -0.377 e. The van der Waals surface area contributed by atoms with Crippen molar-refractivity contribution in [3.63, 3.8) is 0 Å². The highest BCUT2D eigenvalue weighted by atomic mass is 16.5. The van der Waals surface area contributed by atoms with E-state index in [1.807, 2.05) is 19.3 Å². The molecule has 0 saturated carbocycles. The lowest BCUT2D eigenvalue weighted by Crippen LogP contribution is -2.31. The summed E-state index contributed by atoms with van der Waals surface area (Å²) in [5.74, 6) is 0.792. The summed E-state index contributed by atoms with van der Waals surface area (Å²) in [7, 11) is 0. The summed E-state index contributed by atoms with van der Waals surface area (Å²) in [6.45, 7) is 6.70. The number of anilines is 1. The number of ether oxygens (including phenoxy) is 1. The highest BCUT2D eigenvalue weighted by molar-refractivity contribution is 5.30. The van der Waals surface area contributed by atoms with Gasteiger partial charge < -0.3 is 15.4 Å². The van der Waals surface area contributed by atoms with Crippen LogP contribution < -0.4 is 10.6 Å². The van der Waals surface area contributed by atoms with Crippen molar-refractivity contribution in [1.29, 1.82) is 0 Å². The second-order valence-electron chi connectivity index (χ2n) is 5.05. The molecule has 2 heterocycles. The molecule has 2 atom stereocenters. The van der Waals surface area contributed by atoms with E-state index in [4.69, 9.17) is 10.5 Å². The summed E-state index contributed by atoms with van der Waals surface area (Å²) >= 11 is 0. The van der Waals surface area contributed by atoms with Gasteiger partial charge in [0.15, 0.2) is 0 Å². The van der Waals surface area contributed by atoms with Crippen LogP contribution in [0.15, 0.2) is 12.4 Å². The molecule has 1 fully saturated rings. The topological polar surface area (TPSA) is 64.3 Å². The van der Waals surface area contributed by atoms with Gasteiger partial charge in [-0.2, -0.15) is 0 Å². The number of aromatic nitrogens is 2. The third-order valence-electron chi connectivity index (χ3n) is 2.98. The number of nitrogens with zero attached hydrogens (tertiary/aromatic N) is 3. The van der Waals surface area contributed by atoms with E-state index in [2.05, 4.69) is 21.8 Å². The summed E-state index contributed by atoms with van der Waals surface area (Å²) in [6, 6.07) is 0.144. The van der Waals surface area contributed by atoms with Crippen LogP contribution in [0.2, 0.25) is 0 Å². The smallest absolute Gasteiger partial charge is 0.225 e. The van der Waals surface area contributed by atoms with Crippen molar-refractivity contribution < 1.29 is 4.74 Å². The second-order valence-corrected chi connectivity index (χ2v) is 5.05. The summed E-state index contributed by atoms with van der Waals surface area (Å²) in [4.78, 5) is 11.1. The molecule has 100 valence electrons. The van der Waals surface area contributed by atoms with Gasteiger partial charge in [-0.05, 0) is 32.3 Å². The minimum atomic E-state index is 0.144. The Bertz CT molecular complexity index is 366. The Hall–Kier alpha value is -1.20. The number of rotatable bonds is 3. The van der Waals surface area contributed by atoms with Crippen LogP contribution in [0.25, 0.3) is 0 Å². The van der Waals surface area contributed by atoms with E-state index in [0.29, 0.717) is 0 Å². The maximum absolute atomic E-state index is 5.76. The normalized spacial score (nSPS) is 22.6. The van der Waals surface area contributed by atoms with Gasteiger partial charge in [0.2, 0.25) is 5.95 Å². The van der Waals surface area contributed by atoms with Crippen molar-refractivity contribution in [2.45, 2.75) is 38.8 Å². The van der Waals surface area contributed by atoms with E-state index in [-0.39, 0.29) is 12.1 Å². The summed E-state index contributed by atoms with van der Waals surface area (Å²) in [5.41, 5.74) is 6.85. The van der Waals surface area contributed by atoms with E-state index >= 15 is 0 Å². The first-order chi connectivity index (χ1) is 8.65. The SMILES string of the molecule is CC(N)Cc1cnc(N2CCCOC(C)C2)nc1. The zero-order chi connectivity index (χ0) is 13.0. The Morgan fingerprint density at radius 3 is 2.89 bits per heavy atom. The fourth-order valence-corrected chi connectivity index (χ4v) is 2.16. The van der Waals surface area contributed by atoms with Crippen LogP contribution in [0.1, 0.15) is 25.8 Å². The van der Waals surface area contributed by atoms with Crippen molar-refractivity contribution in [2.75, 3.05) is 24.6 Å². The zero-order valence-corrected chi connectivity index (χ0v) is 11.2. The van der Waals surface area contributed by atoms with Crippen molar-refractivity contribution in [3.05, 3.63) is 18.0 Å². The lowest BCUT2D eigenvalue weighted by Gasteiger charge is -2.21. The lowest BCUT2D eigenvalue weighted by molar-refractivity contribution is 0.0820. The van der Waals surface area contributed by atoms with E-state index in [9.17, 15) is 0 Å². The van der Waals surface area contributed by atoms with Gasteiger partial charge in [0.25, 0.3) is 0 Å². The second kappa shape index (κ2) is 6.11. The van der Waals surface area contributed by atoms with E-state index < -0.39 is 0 Å².